The smallest absolute Gasteiger partial charge is 0.225 e. The van der Waals surface area contributed by atoms with Gasteiger partial charge in [-0.1, -0.05) is 29.8 Å². The van der Waals surface area contributed by atoms with Gasteiger partial charge in [0.2, 0.25) is 5.95 Å². The van der Waals surface area contributed by atoms with E-state index in [1.54, 1.807) is 0 Å². The first kappa shape index (κ1) is 21.6. The van der Waals surface area contributed by atoms with Crippen LogP contribution in [0.2, 0.25) is 0 Å². The van der Waals surface area contributed by atoms with Gasteiger partial charge in [-0.3, -0.25) is 0 Å². The Morgan fingerprint density at radius 2 is 1.55 bits per heavy atom. The highest BCUT2D eigenvalue weighted by atomic mass is 15.2. The third kappa shape index (κ3) is 4.99. The number of hydrogen-bond acceptors (Lipinski definition) is 5. The summed E-state index contributed by atoms with van der Waals surface area (Å²) in [7, 11) is 4.07. The highest BCUT2D eigenvalue weighted by Gasteiger charge is 2.22. The van der Waals surface area contributed by atoms with Crippen LogP contribution in [-0.4, -0.2) is 36.1 Å². The molecule has 3 aromatic rings. The Balaban J connectivity index is 1.36. The number of aromatic nitrogens is 2. The van der Waals surface area contributed by atoms with Gasteiger partial charge in [0.25, 0.3) is 0 Å². The molecule has 1 aromatic heterocycles. The third-order valence-electron chi connectivity index (χ3n) is 6.48. The molecule has 0 spiro atoms. The fourth-order valence-corrected chi connectivity index (χ4v) is 4.82. The molecular formula is C26H35N5. The van der Waals surface area contributed by atoms with Crippen molar-refractivity contribution in [3.63, 3.8) is 0 Å². The summed E-state index contributed by atoms with van der Waals surface area (Å²) in [5, 5.41) is 8.51. The van der Waals surface area contributed by atoms with Crippen LogP contribution in [0.15, 0.2) is 36.4 Å². The minimum absolute atomic E-state index is 0.428. The summed E-state index contributed by atoms with van der Waals surface area (Å²) < 4.78 is 0. The Hall–Kier alpha value is -2.66. The van der Waals surface area contributed by atoms with E-state index < -0.39 is 0 Å². The molecule has 4 rings (SSSR count). The second-order valence-electron chi connectivity index (χ2n) is 9.23. The average molecular weight is 418 g/mol. The number of aryl methyl sites for hydroxylation is 3. The monoisotopic (exact) mass is 417 g/mol. The van der Waals surface area contributed by atoms with Crippen LogP contribution >= 0.6 is 0 Å². The zero-order chi connectivity index (χ0) is 22.0. The lowest BCUT2D eigenvalue weighted by Crippen LogP contribution is -2.37. The Kier molecular flexibility index (Phi) is 6.42. The maximum absolute atomic E-state index is 4.80. The normalized spacial score (nSPS) is 18.9. The maximum atomic E-state index is 4.80. The van der Waals surface area contributed by atoms with Crippen LogP contribution in [0.5, 0.6) is 0 Å². The number of nitrogens with zero attached hydrogens (tertiary/aromatic N) is 3. The summed E-state index contributed by atoms with van der Waals surface area (Å²) >= 11 is 0. The summed E-state index contributed by atoms with van der Waals surface area (Å²) in [6.07, 6.45) is 4.62. The minimum atomic E-state index is 0.428. The molecule has 0 aliphatic heterocycles. The molecule has 5 heteroatoms. The van der Waals surface area contributed by atoms with Crippen molar-refractivity contribution >= 4 is 22.7 Å². The number of nitrogens with one attached hydrogen (secondary N) is 2. The van der Waals surface area contributed by atoms with Crippen LogP contribution in [0.1, 0.15) is 47.9 Å². The van der Waals surface area contributed by atoms with Crippen molar-refractivity contribution < 1.29 is 0 Å². The van der Waals surface area contributed by atoms with Crippen molar-refractivity contribution in [2.75, 3.05) is 24.3 Å². The SMILES string of the molecule is Cc1cc(C)c(CNC2CCC(Nc3nc(N(C)C)c4ccccc4n3)CC2)c(C)c1. The second kappa shape index (κ2) is 9.23. The summed E-state index contributed by atoms with van der Waals surface area (Å²) in [6, 6.07) is 13.8. The van der Waals surface area contributed by atoms with E-state index in [2.05, 4.69) is 60.6 Å². The molecule has 5 nitrogen and oxygen atoms in total. The van der Waals surface area contributed by atoms with E-state index >= 15 is 0 Å². The first-order valence-electron chi connectivity index (χ1n) is 11.4. The van der Waals surface area contributed by atoms with Gasteiger partial charge >= 0.3 is 0 Å². The van der Waals surface area contributed by atoms with Gasteiger partial charge < -0.3 is 15.5 Å². The zero-order valence-corrected chi connectivity index (χ0v) is 19.5. The Bertz CT molecular complexity index is 1030. The standard InChI is InChI=1S/C26H35N5/c1-17-14-18(2)23(19(3)15-17)16-27-20-10-12-21(13-11-20)28-26-29-24-9-7-6-8-22(24)25(30-26)31(4)5/h6-9,14-15,20-21,27H,10-13,16H2,1-5H3,(H,28,29,30). The summed E-state index contributed by atoms with van der Waals surface area (Å²) in [5.41, 5.74) is 6.57. The molecule has 0 amide bonds. The highest BCUT2D eigenvalue weighted by Crippen LogP contribution is 2.26. The van der Waals surface area contributed by atoms with Gasteiger partial charge in [-0.25, -0.2) is 4.98 Å². The zero-order valence-electron chi connectivity index (χ0n) is 19.5. The molecule has 164 valence electrons. The van der Waals surface area contributed by atoms with E-state index in [0.29, 0.717) is 12.1 Å². The van der Waals surface area contributed by atoms with E-state index in [9.17, 15) is 0 Å². The van der Waals surface area contributed by atoms with Crippen molar-refractivity contribution in [3.05, 3.63) is 58.7 Å². The maximum Gasteiger partial charge on any atom is 0.225 e. The van der Waals surface area contributed by atoms with E-state index in [0.717, 1.165) is 42.1 Å². The summed E-state index contributed by atoms with van der Waals surface area (Å²) in [4.78, 5) is 11.6. The predicted octanol–water partition coefficient (Wildman–Crippen LogP) is 5.13. The van der Waals surface area contributed by atoms with Gasteiger partial charge in [0.15, 0.2) is 0 Å². The lowest BCUT2D eigenvalue weighted by Gasteiger charge is -2.30. The predicted molar refractivity (Wildman–Crippen MR) is 131 cm³/mol. The molecule has 0 atom stereocenters. The molecule has 1 saturated carbocycles. The summed E-state index contributed by atoms with van der Waals surface area (Å²) in [6.45, 7) is 7.58. The van der Waals surface area contributed by atoms with Crippen LogP contribution in [0.4, 0.5) is 11.8 Å². The first-order chi connectivity index (χ1) is 14.9. The van der Waals surface area contributed by atoms with Crippen molar-refractivity contribution in [1.82, 2.24) is 15.3 Å². The topological polar surface area (TPSA) is 53.1 Å². The lowest BCUT2D eigenvalue weighted by atomic mass is 9.90. The van der Waals surface area contributed by atoms with Gasteiger partial charge in [-0.05, 0) is 75.3 Å². The Morgan fingerprint density at radius 1 is 0.903 bits per heavy atom. The molecule has 1 aliphatic rings. The van der Waals surface area contributed by atoms with E-state index in [-0.39, 0.29) is 0 Å². The van der Waals surface area contributed by atoms with Crippen LogP contribution < -0.4 is 15.5 Å². The average Bonchev–Trinajstić information content (AvgIpc) is 2.73. The van der Waals surface area contributed by atoms with Gasteiger partial charge in [0.05, 0.1) is 5.52 Å². The van der Waals surface area contributed by atoms with Gasteiger partial charge in [-0.15, -0.1) is 0 Å². The van der Waals surface area contributed by atoms with Crippen LogP contribution in [-0.2, 0) is 6.54 Å². The molecule has 31 heavy (non-hydrogen) atoms. The van der Waals surface area contributed by atoms with Crippen molar-refractivity contribution in [2.24, 2.45) is 0 Å². The molecule has 1 aliphatic carbocycles. The van der Waals surface area contributed by atoms with Crippen LogP contribution in [0, 0.1) is 20.8 Å². The summed E-state index contributed by atoms with van der Waals surface area (Å²) in [5.74, 6) is 1.71. The number of fused-ring (bicyclic) bond motifs is 1. The minimum Gasteiger partial charge on any atom is -0.362 e. The van der Waals surface area contributed by atoms with E-state index in [1.165, 1.54) is 35.1 Å². The fraction of sp³-hybridized carbons (Fsp3) is 0.462. The van der Waals surface area contributed by atoms with Crippen LogP contribution in [0.3, 0.4) is 0 Å². The van der Waals surface area contributed by atoms with Crippen molar-refractivity contribution in [1.29, 1.82) is 0 Å². The molecule has 0 saturated heterocycles. The molecule has 2 N–H and O–H groups in total. The molecule has 2 aromatic carbocycles. The van der Waals surface area contributed by atoms with Gasteiger partial charge in [-0.2, -0.15) is 4.98 Å². The quantitative estimate of drug-likeness (QED) is 0.582. The number of hydrogen-bond donors (Lipinski definition) is 2. The van der Waals surface area contributed by atoms with Crippen LogP contribution in [0.25, 0.3) is 10.9 Å². The first-order valence-corrected chi connectivity index (χ1v) is 11.4. The number of anilines is 2. The van der Waals surface area contributed by atoms with E-state index in [4.69, 9.17) is 9.97 Å². The van der Waals surface area contributed by atoms with Crippen molar-refractivity contribution in [3.8, 4) is 0 Å². The Morgan fingerprint density at radius 3 is 2.23 bits per heavy atom. The Labute approximate surface area is 186 Å². The molecule has 0 bridgehead atoms. The number of benzene rings is 2. The lowest BCUT2D eigenvalue weighted by molar-refractivity contribution is 0.352. The largest absolute Gasteiger partial charge is 0.362 e. The molecule has 1 fully saturated rings. The molecule has 0 radical (unpaired) electrons. The fourth-order valence-electron chi connectivity index (χ4n) is 4.82. The van der Waals surface area contributed by atoms with E-state index in [1.807, 2.05) is 26.2 Å². The number of para-hydroxylation sites is 1. The highest BCUT2D eigenvalue weighted by molar-refractivity contribution is 5.90. The van der Waals surface area contributed by atoms with Gasteiger partial charge in [0.1, 0.15) is 5.82 Å². The molecular weight excluding hydrogens is 382 g/mol. The molecule has 0 unspecified atom stereocenters. The second-order valence-corrected chi connectivity index (χ2v) is 9.23. The van der Waals surface area contributed by atoms with Crippen molar-refractivity contribution in [2.45, 2.75) is 65.1 Å². The van der Waals surface area contributed by atoms with Gasteiger partial charge in [0, 0.05) is 38.1 Å². The molecule has 1 heterocycles. The number of rotatable bonds is 6. The third-order valence-corrected chi connectivity index (χ3v) is 6.48.